The summed E-state index contributed by atoms with van der Waals surface area (Å²) in [6.07, 6.45) is 5.58. The number of rotatable bonds is 9. The van der Waals surface area contributed by atoms with Crippen LogP contribution < -0.4 is 4.90 Å². The van der Waals surface area contributed by atoms with Gasteiger partial charge in [0.15, 0.2) is 5.13 Å². The molecule has 3 aromatic rings. The van der Waals surface area contributed by atoms with Gasteiger partial charge in [0.1, 0.15) is 0 Å². The molecule has 0 saturated heterocycles. The minimum Gasteiger partial charge on any atom is -0.302 e. The third-order valence-electron chi connectivity index (χ3n) is 4.83. The molecule has 0 saturated carbocycles. The predicted molar refractivity (Wildman–Crippen MR) is 134 cm³/mol. The van der Waals surface area contributed by atoms with E-state index in [-0.39, 0.29) is 18.3 Å². The first-order valence-electron chi connectivity index (χ1n) is 9.86. The van der Waals surface area contributed by atoms with Crippen LogP contribution in [0.25, 0.3) is 16.3 Å². The topological polar surface area (TPSA) is 36.4 Å². The summed E-state index contributed by atoms with van der Waals surface area (Å²) in [7, 11) is 0. The summed E-state index contributed by atoms with van der Waals surface area (Å²) in [6.45, 7) is 7.67. The SMILES string of the molecule is CCN(CC)CCN(C(=O)C=Cc1ccccc1)c1nc2ccc(SC)cc2s1.Cl. The molecule has 0 bridgehead atoms. The third-order valence-corrected chi connectivity index (χ3v) is 6.60. The summed E-state index contributed by atoms with van der Waals surface area (Å²) in [6, 6.07) is 16.2. The zero-order valence-electron chi connectivity index (χ0n) is 17.6. The molecule has 0 aliphatic heterocycles. The number of thioether (sulfide) groups is 1. The van der Waals surface area contributed by atoms with E-state index in [1.807, 2.05) is 42.5 Å². The van der Waals surface area contributed by atoms with Gasteiger partial charge in [-0.05, 0) is 49.2 Å². The number of thiazole rings is 1. The summed E-state index contributed by atoms with van der Waals surface area (Å²) in [4.78, 5) is 23.2. The van der Waals surface area contributed by atoms with Crippen molar-refractivity contribution in [3.8, 4) is 0 Å². The Morgan fingerprint density at radius 1 is 1.10 bits per heavy atom. The van der Waals surface area contributed by atoms with Crippen molar-refractivity contribution >= 4 is 62.8 Å². The smallest absolute Gasteiger partial charge is 0.252 e. The van der Waals surface area contributed by atoms with Crippen molar-refractivity contribution in [3.05, 3.63) is 60.2 Å². The molecule has 0 aliphatic carbocycles. The van der Waals surface area contributed by atoms with Crippen molar-refractivity contribution in [2.45, 2.75) is 18.7 Å². The molecule has 160 valence electrons. The van der Waals surface area contributed by atoms with E-state index in [9.17, 15) is 4.79 Å². The molecular weight excluding hydrogens is 434 g/mol. The number of amides is 1. The molecule has 0 spiro atoms. The monoisotopic (exact) mass is 461 g/mol. The summed E-state index contributed by atoms with van der Waals surface area (Å²) >= 11 is 3.29. The number of likely N-dealkylation sites (N-methyl/N-ethyl adjacent to an activating group) is 1. The number of hydrogen-bond donors (Lipinski definition) is 0. The quantitative estimate of drug-likeness (QED) is 0.297. The zero-order chi connectivity index (χ0) is 20.6. The van der Waals surface area contributed by atoms with Crippen LogP contribution in [0.1, 0.15) is 19.4 Å². The van der Waals surface area contributed by atoms with Crippen molar-refractivity contribution < 1.29 is 4.79 Å². The lowest BCUT2D eigenvalue weighted by Gasteiger charge is -2.23. The number of fused-ring (bicyclic) bond motifs is 1. The molecule has 0 fully saturated rings. The van der Waals surface area contributed by atoms with Gasteiger partial charge < -0.3 is 4.90 Å². The first kappa shape index (κ1) is 24.4. The molecule has 1 heterocycles. The Hall–Kier alpha value is -1.86. The maximum atomic E-state index is 13.1. The number of anilines is 1. The first-order chi connectivity index (χ1) is 14.1. The van der Waals surface area contributed by atoms with Crippen LogP contribution in [-0.2, 0) is 4.79 Å². The van der Waals surface area contributed by atoms with Gasteiger partial charge in [-0.1, -0.05) is 55.5 Å². The van der Waals surface area contributed by atoms with E-state index in [1.54, 1.807) is 34.1 Å². The summed E-state index contributed by atoms with van der Waals surface area (Å²) in [5, 5.41) is 0.758. The molecule has 7 heteroatoms. The molecule has 0 unspecified atom stereocenters. The maximum Gasteiger partial charge on any atom is 0.252 e. The summed E-state index contributed by atoms with van der Waals surface area (Å²) < 4.78 is 1.11. The summed E-state index contributed by atoms with van der Waals surface area (Å²) in [5.41, 5.74) is 1.95. The number of hydrogen-bond acceptors (Lipinski definition) is 5. The lowest BCUT2D eigenvalue weighted by molar-refractivity contribution is -0.114. The molecule has 0 atom stereocenters. The van der Waals surface area contributed by atoms with Gasteiger partial charge >= 0.3 is 0 Å². The second-order valence-electron chi connectivity index (χ2n) is 6.59. The minimum absolute atomic E-state index is 0. The number of carbonyl (C=O) groups is 1. The maximum absolute atomic E-state index is 13.1. The largest absolute Gasteiger partial charge is 0.302 e. The van der Waals surface area contributed by atoms with Crippen molar-refractivity contribution in [2.24, 2.45) is 0 Å². The average molecular weight is 462 g/mol. The Bertz CT molecular complexity index is 971. The van der Waals surface area contributed by atoms with Crippen molar-refractivity contribution in [2.75, 3.05) is 37.3 Å². The van der Waals surface area contributed by atoms with E-state index in [2.05, 4.69) is 37.1 Å². The zero-order valence-corrected chi connectivity index (χ0v) is 20.0. The van der Waals surface area contributed by atoms with Crippen LogP contribution in [0.5, 0.6) is 0 Å². The van der Waals surface area contributed by atoms with Gasteiger partial charge in [-0.2, -0.15) is 0 Å². The first-order valence-corrected chi connectivity index (χ1v) is 11.9. The van der Waals surface area contributed by atoms with Gasteiger partial charge in [0, 0.05) is 24.1 Å². The van der Waals surface area contributed by atoms with Crippen LogP contribution in [0.4, 0.5) is 5.13 Å². The lowest BCUT2D eigenvalue weighted by Crippen LogP contribution is -2.38. The van der Waals surface area contributed by atoms with Gasteiger partial charge in [0.25, 0.3) is 5.91 Å². The van der Waals surface area contributed by atoms with E-state index < -0.39 is 0 Å². The van der Waals surface area contributed by atoms with E-state index in [0.717, 1.165) is 40.5 Å². The Morgan fingerprint density at radius 3 is 2.50 bits per heavy atom. The molecule has 0 N–H and O–H groups in total. The van der Waals surface area contributed by atoms with Gasteiger partial charge in [-0.3, -0.25) is 9.69 Å². The number of nitrogens with zero attached hydrogens (tertiary/aromatic N) is 3. The van der Waals surface area contributed by atoms with Crippen LogP contribution in [-0.4, -0.2) is 48.2 Å². The van der Waals surface area contributed by atoms with E-state index >= 15 is 0 Å². The fourth-order valence-corrected chi connectivity index (χ4v) is 4.59. The van der Waals surface area contributed by atoms with E-state index in [1.165, 1.54) is 4.90 Å². The van der Waals surface area contributed by atoms with Crippen molar-refractivity contribution in [1.29, 1.82) is 0 Å². The molecule has 0 radical (unpaired) electrons. The van der Waals surface area contributed by atoms with E-state index in [4.69, 9.17) is 4.98 Å². The highest BCUT2D eigenvalue weighted by Crippen LogP contribution is 2.31. The van der Waals surface area contributed by atoms with Gasteiger partial charge in [0.2, 0.25) is 0 Å². The average Bonchev–Trinajstić information content (AvgIpc) is 3.18. The fourth-order valence-electron chi connectivity index (χ4n) is 3.04. The number of carbonyl (C=O) groups excluding carboxylic acids is 1. The molecule has 4 nitrogen and oxygen atoms in total. The standard InChI is InChI=1S/C23H27N3OS2.ClH/c1-4-25(5-2)15-16-26(22(27)14-11-18-9-7-6-8-10-18)23-24-20-13-12-19(28-3)17-21(20)29-23;/h6-14,17H,4-5,15-16H2,1-3H3;1H. The molecular formula is C23H28ClN3OS2. The highest BCUT2D eigenvalue weighted by atomic mass is 35.5. The Morgan fingerprint density at radius 2 is 1.83 bits per heavy atom. The second-order valence-corrected chi connectivity index (χ2v) is 8.48. The molecule has 2 aromatic carbocycles. The van der Waals surface area contributed by atoms with E-state index in [0.29, 0.717) is 6.54 Å². The highest BCUT2D eigenvalue weighted by Gasteiger charge is 2.19. The normalized spacial score (nSPS) is 11.2. The van der Waals surface area contributed by atoms with Crippen LogP contribution >= 0.6 is 35.5 Å². The molecule has 1 amide bonds. The predicted octanol–water partition coefficient (Wildman–Crippen LogP) is 5.83. The van der Waals surface area contributed by atoms with Crippen molar-refractivity contribution in [1.82, 2.24) is 9.88 Å². The Labute approximate surface area is 193 Å². The number of benzene rings is 2. The Kier molecular flexibility index (Phi) is 9.85. The highest BCUT2D eigenvalue weighted by molar-refractivity contribution is 7.98. The van der Waals surface area contributed by atoms with Crippen LogP contribution in [0.15, 0.2) is 59.5 Å². The fraction of sp³-hybridized carbons (Fsp3) is 0.304. The van der Waals surface area contributed by atoms with Gasteiger partial charge in [-0.15, -0.1) is 24.2 Å². The second kappa shape index (κ2) is 12.1. The summed E-state index contributed by atoms with van der Waals surface area (Å²) in [5.74, 6) is -0.0369. The lowest BCUT2D eigenvalue weighted by atomic mass is 10.2. The number of halogens is 1. The van der Waals surface area contributed by atoms with Crippen LogP contribution in [0, 0.1) is 0 Å². The van der Waals surface area contributed by atoms with Crippen LogP contribution in [0.3, 0.4) is 0 Å². The molecule has 3 rings (SSSR count). The van der Waals surface area contributed by atoms with Crippen LogP contribution in [0.2, 0.25) is 0 Å². The minimum atomic E-state index is -0.0369. The molecule has 1 aromatic heterocycles. The number of aromatic nitrogens is 1. The molecule has 30 heavy (non-hydrogen) atoms. The van der Waals surface area contributed by atoms with Crippen molar-refractivity contribution in [3.63, 3.8) is 0 Å². The molecule has 0 aliphatic rings. The third kappa shape index (κ3) is 6.32. The van der Waals surface area contributed by atoms with Gasteiger partial charge in [0.05, 0.1) is 10.2 Å². The van der Waals surface area contributed by atoms with Gasteiger partial charge in [-0.25, -0.2) is 4.98 Å². The Balaban J connectivity index is 0.00000320.